The molecule has 0 unspecified atom stereocenters. The highest BCUT2D eigenvalue weighted by Crippen LogP contribution is 2.05. The molecule has 0 bridgehead atoms. The molecule has 64 valence electrons. The molecule has 0 aromatic rings. The van der Waals surface area contributed by atoms with E-state index in [0.29, 0.717) is 6.04 Å². The average molecular weight is 157 g/mol. The zero-order chi connectivity index (χ0) is 8.10. The fourth-order valence-electron chi connectivity index (χ4n) is 1.29. The average Bonchev–Trinajstić information content (AvgIpc) is 2.07. The van der Waals surface area contributed by atoms with Gasteiger partial charge in [-0.15, -0.1) is 0 Å². The van der Waals surface area contributed by atoms with Crippen LogP contribution in [0.15, 0.2) is 0 Å². The van der Waals surface area contributed by atoms with E-state index in [2.05, 4.69) is 10.8 Å². The minimum atomic E-state index is 0.268. The van der Waals surface area contributed by atoms with Gasteiger partial charge in [0.25, 0.3) is 0 Å². The van der Waals surface area contributed by atoms with Crippen LogP contribution in [0.25, 0.3) is 0 Å². The Bertz CT molecular complexity index is 121. The van der Waals surface area contributed by atoms with Crippen LogP contribution in [0, 0.1) is 5.41 Å². The summed E-state index contributed by atoms with van der Waals surface area (Å²) < 4.78 is 0. The predicted molar refractivity (Wildman–Crippen MR) is 43.7 cm³/mol. The molecular formula is C7H15N3O. The Kier molecular flexibility index (Phi) is 3.48. The van der Waals surface area contributed by atoms with Crippen molar-refractivity contribution in [1.29, 1.82) is 5.41 Å². The van der Waals surface area contributed by atoms with E-state index in [1.807, 2.05) is 0 Å². The molecule has 11 heavy (non-hydrogen) atoms. The van der Waals surface area contributed by atoms with Gasteiger partial charge in [-0.3, -0.25) is 0 Å². The lowest BCUT2D eigenvalue weighted by Gasteiger charge is -2.27. The van der Waals surface area contributed by atoms with Gasteiger partial charge in [-0.1, -0.05) is 0 Å². The number of nitrogens with one attached hydrogen (secondary N) is 3. The van der Waals surface area contributed by atoms with E-state index < -0.39 is 0 Å². The van der Waals surface area contributed by atoms with Crippen LogP contribution >= 0.6 is 0 Å². The summed E-state index contributed by atoms with van der Waals surface area (Å²) in [5, 5.41) is 10.2. The van der Waals surface area contributed by atoms with Crippen molar-refractivity contribution < 1.29 is 4.84 Å². The first-order chi connectivity index (χ1) is 5.36. The van der Waals surface area contributed by atoms with Crippen molar-refractivity contribution in [1.82, 2.24) is 10.8 Å². The van der Waals surface area contributed by atoms with Crippen LogP contribution in [0.4, 0.5) is 0 Å². The second kappa shape index (κ2) is 4.43. The minimum absolute atomic E-state index is 0.268. The van der Waals surface area contributed by atoms with Crippen LogP contribution in [0.1, 0.15) is 12.8 Å². The third kappa shape index (κ3) is 2.57. The van der Waals surface area contributed by atoms with E-state index >= 15 is 0 Å². The zero-order valence-corrected chi connectivity index (χ0v) is 6.76. The molecule has 1 rings (SSSR count). The standard InChI is InChI=1S/C7H15N3O/c1-11-10-7-3-2-6(4-8)9-5-7/h4,6-10H,2-3,5H2,1H3/t6-,7+/m0/s1. The largest absolute Gasteiger partial charge is 0.311 e. The lowest BCUT2D eigenvalue weighted by atomic mass is 10.0. The van der Waals surface area contributed by atoms with Gasteiger partial charge in [-0.05, 0) is 12.8 Å². The van der Waals surface area contributed by atoms with Gasteiger partial charge in [0.05, 0.1) is 7.11 Å². The number of hydroxylamine groups is 1. The molecule has 0 saturated carbocycles. The van der Waals surface area contributed by atoms with Crippen LogP contribution in [0.2, 0.25) is 0 Å². The second-order valence-electron chi connectivity index (χ2n) is 2.78. The Morgan fingerprint density at radius 2 is 2.45 bits per heavy atom. The number of piperidine rings is 1. The summed E-state index contributed by atoms with van der Waals surface area (Å²) in [4.78, 5) is 4.80. The molecule has 2 atom stereocenters. The summed E-state index contributed by atoms with van der Waals surface area (Å²) in [6, 6.07) is 0.668. The van der Waals surface area contributed by atoms with Crippen LogP contribution in [0.5, 0.6) is 0 Å². The first-order valence-corrected chi connectivity index (χ1v) is 3.89. The molecule has 1 saturated heterocycles. The van der Waals surface area contributed by atoms with Gasteiger partial charge in [0, 0.05) is 24.8 Å². The molecule has 0 amide bonds. The van der Waals surface area contributed by atoms with Gasteiger partial charge >= 0.3 is 0 Å². The molecule has 0 aliphatic carbocycles. The summed E-state index contributed by atoms with van der Waals surface area (Å²) in [5.41, 5.74) is 2.89. The maximum Gasteiger partial charge on any atom is 0.0572 e. The van der Waals surface area contributed by atoms with Crippen LogP contribution in [0.3, 0.4) is 0 Å². The molecule has 4 nitrogen and oxygen atoms in total. The molecule has 0 aromatic carbocycles. The van der Waals surface area contributed by atoms with Gasteiger partial charge in [0.15, 0.2) is 0 Å². The number of rotatable bonds is 3. The molecule has 4 heteroatoms. The van der Waals surface area contributed by atoms with E-state index in [-0.39, 0.29) is 6.04 Å². The summed E-state index contributed by atoms with van der Waals surface area (Å²) >= 11 is 0. The maximum absolute atomic E-state index is 7.03. The highest BCUT2D eigenvalue weighted by atomic mass is 16.6. The molecule has 0 spiro atoms. The van der Waals surface area contributed by atoms with Gasteiger partial charge in [-0.25, -0.2) is 0 Å². The van der Waals surface area contributed by atoms with Crippen molar-refractivity contribution >= 4 is 6.21 Å². The fraction of sp³-hybridized carbons (Fsp3) is 0.857. The normalized spacial score (nSPS) is 31.7. The van der Waals surface area contributed by atoms with E-state index in [4.69, 9.17) is 10.2 Å². The Balaban J connectivity index is 2.18. The van der Waals surface area contributed by atoms with Crippen LogP contribution in [-0.4, -0.2) is 32.0 Å². The Morgan fingerprint density at radius 3 is 2.91 bits per heavy atom. The quantitative estimate of drug-likeness (QED) is 0.396. The molecule has 3 N–H and O–H groups in total. The molecular weight excluding hydrogens is 142 g/mol. The third-order valence-electron chi connectivity index (χ3n) is 1.94. The summed E-state index contributed by atoms with van der Waals surface area (Å²) in [6.07, 6.45) is 3.55. The monoisotopic (exact) mass is 157 g/mol. The number of hydrogen-bond acceptors (Lipinski definition) is 4. The van der Waals surface area contributed by atoms with E-state index in [9.17, 15) is 0 Å². The third-order valence-corrected chi connectivity index (χ3v) is 1.94. The Morgan fingerprint density at radius 1 is 1.64 bits per heavy atom. The molecule has 1 aliphatic heterocycles. The van der Waals surface area contributed by atoms with Crippen molar-refractivity contribution in [2.75, 3.05) is 13.7 Å². The topological polar surface area (TPSA) is 57.1 Å². The minimum Gasteiger partial charge on any atom is -0.311 e. The first-order valence-electron chi connectivity index (χ1n) is 3.89. The number of hydrogen-bond donors (Lipinski definition) is 3. The van der Waals surface area contributed by atoms with E-state index in [0.717, 1.165) is 19.4 Å². The van der Waals surface area contributed by atoms with Crippen molar-refractivity contribution in [2.24, 2.45) is 0 Å². The summed E-state index contributed by atoms with van der Waals surface area (Å²) in [6.45, 7) is 0.883. The Labute approximate surface area is 66.8 Å². The van der Waals surface area contributed by atoms with Gasteiger partial charge in [-0.2, -0.15) is 5.48 Å². The highest BCUT2D eigenvalue weighted by molar-refractivity contribution is 5.60. The lowest BCUT2D eigenvalue weighted by molar-refractivity contribution is 0.0515. The van der Waals surface area contributed by atoms with Gasteiger partial charge < -0.3 is 15.6 Å². The molecule has 1 heterocycles. The van der Waals surface area contributed by atoms with Crippen molar-refractivity contribution in [2.45, 2.75) is 24.9 Å². The SMILES string of the molecule is CON[C@@H]1CC[C@@H](C=N)NC1. The molecule has 1 aliphatic rings. The predicted octanol–water partition coefficient (Wildman–Crippen LogP) is -0.0924. The lowest BCUT2D eigenvalue weighted by Crippen LogP contribution is -2.47. The molecule has 1 fully saturated rings. The maximum atomic E-state index is 7.03. The smallest absolute Gasteiger partial charge is 0.0572 e. The fourth-order valence-corrected chi connectivity index (χ4v) is 1.29. The second-order valence-corrected chi connectivity index (χ2v) is 2.78. The van der Waals surface area contributed by atoms with Crippen molar-refractivity contribution in [3.05, 3.63) is 0 Å². The molecule has 0 aromatic heterocycles. The summed E-state index contributed by atoms with van der Waals surface area (Å²) in [7, 11) is 1.63. The van der Waals surface area contributed by atoms with E-state index in [1.165, 1.54) is 6.21 Å². The summed E-state index contributed by atoms with van der Waals surface area (Å²) in [5.74, 6) is 0. The highest BCUT2D eigenvalue weighted by Gasteiger charge is 2.17. The molecule has 0 radical (unpaired) electrons. The van der Waals surface area contributed by atoms with Gasteiger partial charge in [0.1, 0.15) is 0 Å². The zero-order valence-electron chi connectivity index (χ0n) is 6.76. The van der Waals surface area contributed by atoms with Gasteiger partial charge in [0.2, 0.25) is 0 Å². The Hall–Kier alpha value is -0.450. The van der Waals surface area contributed by atoms with Crippen molar-refractivity contribution in [3.63, 3.8) is 0 Å². The van der Waals surface area contributed by atoms with E-state index in [1.54, 1.807) is 7.11 Å². The van der Waals surface area contributed by atoms with Crippen molar-refractivity contribution in [3.8, 4) is 0 Å². The first kappa shape index (κ1) is 8.64. The van der Waals surface area contributed by atoms with Crippen LogP contribution in [-0.2, 0) is 4.84 Å². The van der Waals surface area contributed by atoms with Crippen LogP contribution < -0.4 is 10.8 Å².